The van der Waals surface area contributed by atoms with E-state index in [1.165, 1.54) is 22.4 Å². The molecule has 0 spiro atoms. The minimum atomic E-state index is -0.106. The van der Waals surface area contributed by atoms with Gasteiger partial charge in [-0.15, -0.1) is 0 Å². The molecule has 6 nitrogen and oxygen atoms in total. The van der Waals surface area contributed by atoms with Gasteiger partial charge in [0.15, 0.2) is 0 Å². The van der Waals surface area contributed by atoms with Crippen LogP contribution < -0.4 is 14.5 Å². The molecule has 0 fully saturated rings. The summed E-state index contributed by atoms with van der Waals surface area (Å²) < 4.78 is 9.26. The van der Waals surface area contributed by atoms with Gasteiger partial charge in [-0.1, -0.05) is 132 Å². The van der Waals surface area contributed by atoms with Crippen LogP contribution in [0.1, 0.15) is 111 Å². The fourth-order valence-electron chi connectivity index (χ4n) is 9.00. The van der Waals surface area contributed by atoms with Gasteiger partial charge in [0.25, 0.3) is 0 Å². The van der Waals surface area contributed by atoms with Crippen molar-refractivity contribution in [1.82, 2.24) is 9.55 Å². The van der Waals surface area contributed by atoms with Gasteiger partial charge in [0.1, 0.15) is 24.0 Å². The highest BCUT2D eigenvalue weighted by Gasteiger charge is 2.31. The van der Waals surface area contributed by atoms with Crippen LogP contribution in [0.15, 0.2) is 140 Å². The maximum atomic E-state index is 10.6. The maximum Gasteiger partial charge on any atom is 0.137 e. The molecule has 3 heterocycles. The highest BCUT2D eigenvalue weighted by Crippen LogP contribution is 2.48. The molecule has 0 N–H and O–H groups in total. The van der Waals surface area contributed by atoms with Gasteiger partial charge in [-0.05, 0) is 128 Å². The Bertz CT molecular complexity index is 3140. The van der Waals surface area contributed by atoms with Crippen LogP contribution in [0.3, 0.4) is 0 Å². The highest BCUT2D eigenvalue weighted by atomic mass is 16.5. The molecule has 0 unspecified atom stereocenters. The third kappa shape index (κ3) is 8.25. The molecule has 65 heavy (non-hydrogen) atoms. The third-order valence-electron chi connectivity index (χ3n) is 12.9. The molecule has 1 aliphatic heterocycles. The first-order valence-corrected chi connectivity index (χ1v) is 22.9. The normalized spacial score (nSPS) is 13.4. The largest absolute Gasteiger partial charge is 0.457 e. The van der Waals surface area contributed by atoms with Gasteiger partial charge in [-0.2, -0.15) is 5.26 Å². The molecule has 0 saturated heterocycles. The van der Waals surface area contributed by atoms with E-state index in [4.69, 9.17) is 9.72 Å². The highest BCUT2D eigenvalue weighted by molar-refractivity contribution is 6.09. The van der Waals surface area contributed by atoms with Crippen LogP contribution in [0.5, 0.6) is 11.5 Å². The predicted octanol–water partition coefficient (Wildman–Crippen LogP) is 15.9. The summed E-state index contributed by atoms with van der Waals surface area (Å²) in [4.78, 5) is 9.72. The fourth-order valence-corrected chi connectivity index (χ4v) is 9.00. The summed E-state index contributed by atoms with van der Waals surface area (Å²) in [5.74, 6) is 2.25. The molecule has 0 bridgehead atoms. The van der Waals surface area contributed by atoms with E-state index in [0.717, 1.165) is 61.4 Å². The van der Waals surface area contributed by atoms with Crippen LogP contribution in [-0.4, -0.2) is 16.2 Å². The molecular weight excluding hydrogens is 795 g/mol. The van der Waals surface area contributed by atoms with Crippen molar-refractivity contribution in [3.8, 4) is 34.5 Å². The Morgan fingerprint density at radius 2 is 1.09 bits per heavy atom. The van der Waals surface area contributed by atoms with Gasteiger partial charge in [0.2, 0.25) is 0 Å². The second-order valence-corrected chi connectivity index (χ2v) is 21.9. The molecule has 1 aliphatic rings. The summed E-state index contributed by atoms with van der Waals surface area (Å²) in [5, 5.41) is 12.9. The van der Waals surface area contributed by atoms with Crippen molar-refractivity contribution < 1.29 is 4.74 Å². The van der Waals surface area contributed by atoms with Gasteiger partial charge < -0.3 is 14.5 Å². The molecule has 8 aromatic rings. The zero-order valence-corrected chi connectivity index (χ0v) is 40.1. The zero-order valence-electron chi connectivity index (χ0n) is 40.1. The van der Waals surface area contributed by atoms with Crippen molar-refractivity contribution >= 4 is 44.6 Å². The topological polar surface area (TPSA) is 57.3 Å². The molecule has 6 aromatic carbocycles. The van der Waals surface area contributed by atoms with E-state index in [9.17, 15) is 5.26 Å². The molecule has 0 saturated carbocycles. The van der Waals surface area contributed by atoms with E-state index in [1.54, 1.807) is 0 Å². The van der Waals surface area contributed by atoms with Crippen molar-refractivity contribution in [1.29, 1.82) is 5.26 Å². The van der Waals surface area contributed by atoms with Crippen LogP contribution in [0.25, 0.3) is 38.8 Å². The van der Waals surface area contributed by atoms with Gasteiger partial charge in [0.05, 0.1) is 34.0 Å². The zero-order chi connectivity index (χ0) is 46.2. The summed E-state index contributed by atoms with van der Waals surface area (Å²) in [5.41, 5.74) is 13.7. The molecule has 0 atom stereocenters. The number of para-hydroxylation sites is 3. The number of hydrogen-bond acceptors (Lipinski definition) is 5. The molecule has 9 rings (SSSR count). The number of nitrogens with zero attached hydrogens (tertiary/aromatic N) is 5. The van der Waals surface area contributed by atoms with Gasteiger partial charge in [-0.25, -0.2) is 4.98 Å². The molecular formula is C59H61N5O. The lowest BCUT2D eigenvalue weighted by atomic mass is 9.80. The smallest absolute Gasteiger partial charge is 0.137 e. The second kappa shape index (κ2) is 15.7. The Balaban J connectivity index is 1.20. The minimum Gasteiger partial charge on any atom is -0.457 e. The minimum absolute atomic E-state index is 0.0269. The van der Waals surface area contributed by atoms with E-state index in [0.29, 0.717) is 23.7 Å². The maximum absolute atomic E-state index is 10.6. The summed E-state index contributed by atoms with van der Waals surface area (Å²) in [7, 11) is 0. The van der Waals surface area contributed by atoms with Crippen LogP contribution in [0.2, 0.25) is 0 Å². The summed E-state index contributed by atoms with van der Waals surface area (Å²) in [6, 6.07) is 50.2. The van der Waals surface area contributed by atoms with Crippen LogP contribution in [0, 0.1) is 11.3 Å². The SMILES string of the molecule is CC(C)(C)c1cc(N2CN(c3cc(Oc4ccc5c6ccccc6n(-c6cc(C(C)(C)C)ccn6)c5c4)cc(-c4ccc(C(C)(C)C)cc4C#N)c3)c3ccccc32)cc(C(C)(C)C)c1. The summed E-state index contributed by atoms with van der Waals surface area (Å²) in [6.45, 7) is 27.6. The number of ether oxygens (including phenoxy) is 1. The first-order chi connectivity index (χ1) is 30.7. The number of pyridine rings is 1. The van der Waals surface area contributed by atoms with Gasteiger partial charge in [-0.3, -0.25) is 4.57 Å². The van der Waals surface area contributed by atoms with E-state index >= 15 is 0 Å². The van der Waals surface area contributed by atoms with E-state index in [1.807, 2.05) is 12.3 Å². The third-order valence-corrected chi connectivity index (χ3v) is 12.9. The predicted molar refractivity (Wildman–Crippen MR) is 272 cm³/mol. The number of aromatic nitrogens is 2. The number of fused-ring (bicyclic) bond motifs is 4. The first-order valence-electron chi connectivity index (χ1n) is 22.9. The standard InChI is InChI=1S/C59H61N5O/c1-56(2,3)40-21-23-48(39(27-40)36-60)38-28-44(62-37-63(53-20-16-15-19-52(53)62)45-31-42(58(7,8)9)30-43(32-45)59(10,11)12)34-47(29-38)65-46-22-24-50-49-17-13-14-18-51(49)64(54(50)35-46)55-33-41(25-26-61-55)57(4,5)6/h13-35H,37H2,1-12H3. The lowest BCUT2D eigenvalue weighted by Gasteiger charge is -2.29. The molecule has 0 amide bonds. The van der Waals surface area contributed by atoms with E-state index in [-0.39, 0.29) is 21.7 Å². The van der Waals surface area contributed by atoms with Gasteiger partial charge in [0, 0.05) is 40.5 Å². The second-order valence-electron chi connectivity index (χ2n) is 21.9. The Kier molecular flexibility index (Phi) is 10.5. The molecule has 0 radical (unpaired) electrons. The summed E-state index contributed by atoms with van der Waals surface area (Å²) in [6.07, 6.45) is 1.91. The summed E-state index contributed by atoms with van der Waals surface area (Å²) >= 11 is 0. The number of anilines is 4. The van der Waals surface area contributed by atoms with E-state index < -0.39 is 0 Å². The molecule has 328 valence electrons. The average Bonchev–Trinajstić information content (AvgIpc) is 3.81. The average molecular weight is 856 g/mol. The first kappa shape index (κ1) is 43.4. The van der Waals surface area contributed by atoms with Gasteiger partial charge >= 0.3 is 0 Å². The van der Waals surface area contributed by atoms with E-state index in [2.05, 4.69) is 231 Å². The van der Waals surface area contributed by atoms with Crippen molar-refractivity contribution in [3.63, 3.8) is 0 Å². The Hall–Kier alpha value is -6.84. The number of rotatable bonds is 6. The monoisotopic (exact) mass is 855 g/mol. The quantitative estimate of drug-likeness (QED) is 0.167. The molecule has 0 aliphatic carbocycles. The number of hydrogen-bond donors (Lipinski definition) is 0. The lowest BCUT2D eigenvalue weighted by Crippen LogP contribution is -2.25. The van der Waals surface area contributed by atoms with Crippen LogP contribution in [0.4, 0.5) is 22.7 Å². The Morgan fingerprint density at radius 1 is 0.508 bits per heavy atom. The van der Waals surface area contributed by atoms with Crippen molar-refractivity contribution in [3.05, 3.63) is 167 Å². The molecule has 6 heteroatoms. The Labute approximate surface area is 385 Å². The Morgan fingerprint density at radius 3 is 1.72 bits per heavy atom. The van der Waals surface area contributed by atoms with Crippen molar-refractivity contribution in [2.75, 3.05) is 16.5 Å². The number of nitriles is 1. The molecule has 2 aromatic heterocycles. The fraction of sp³-hybridized carbons (Fsp3) is 0.288. The van der Waals surface area contributed by atoms with Crippen molar-refractivity contribution in [2.24, 2.45) is 0 Å². The lowest BCUT2D eigenvalue weighted by molar-refractivity contribution is 0.483. The van der Waals surface area contributed by atoms with Crippen molar-refractivity contribution in [2.45, 2.75) is 105 Å². The van der Waals surface area contributed by atoms with Crippen LogP contribution >= 0.6 is 0 Å². The van der Waals surface area contributed by atoms with Crippen LogP contribution in [-0.2, 0) is 21.7 Å². The number of benzene rings is 6.